The van der Waals surface area contributed by atoms with Gasteiger partial charge < -0.3 is 0 Å². The average molecular weight is 149 g/mol. The van der Waals surface area contributed by atoms with E-state index in [1.807, 2.05) is 5.32 Å². The van der Waals surface area contributed by atoms with Crippen LogP contribution in [0.1, 0.15) is 0 Å². The Bertz CT molecular complexity index is 252. The van der Waals surface area contributed by atoms with Crippen molar-refractivity contribution in [3.05, 3.63) is 0 Å². The minimum Gasteiger partial charge on any atom is -0.297 e. The molecular formula is C2H3N3O3S. The number of rotatable bonds is 0. The molecule has 0 saturated carbocycles. The van der Waals surface area contributed by atoms with Crippen LogP contribution in [0, 0.1) is 0 Å². The van der Waals surface area contributed by atoms with Crippen molar-refractivity contribution in [1.82, 2.24) is 10.0 Å². The monoisotopic (exact) mass is 149 g/mol. The molecule has 1 heterocycles. The highest BCUT2D eigenvalue weighted by molar-refractivity contribution is 7.88. The van der Waals surface area contributed by atoms with Gasteiger partial charge in [0.1, 0.15) is 6.34 Å². The summed E-state index contributed by atoms with van der Waals surface area (Å²) in [6, 6.07) is -0.787. The lowest BCUT2D eigenvalue weighted by Crippen LogP contribution is -2.42. The van der Waals surface area contributed by atoms with Gasteiger partial charge in [0.05, 0.1) is 0 Å². The van der Waals surface area contributed by atoms with E-state index >= 15 is 0 Å². The van der Waals surface area contributed by atoms with Crippen molar-refractivity contribution in [2.75, 3.05) is 0 Å². The van der Waals surface area contributed by atoms with Crippen molar-refractivity contribution in [1.29, 1.82) is 0 Å². The quantitative estimate of drug-likeness (QED) is 0.442. The van der Waals surface area contributed by atoms with Crippen LogP contribution in [0.15, 0.2) is 4.40 Å². The van der Waals surface area contributed by atoms with Crippen LogP contribution < -0.4 is 10.0 Å². The molecule has 1 aliphatic heterocycles. The molecule has 2 N–H and O–H groups in total. The van der Waals surface area contributed by atoms with Crippen LogP contribution in [0.25, 0.3) is 0 Å². The van der Waals surface area contributed by atoms with E-state index in [1.165, 1.54) is 0 Å². The lowest BCUT2D eigenvalue weighted by atomic mass is 11.0. The molecule has 1 aliphatic rings. The van der Waals surface area contributed by atoms with E-state index in [1.54, 1.807) is 4.72 Å². The summed E-state index contributed by atoms with van der Waals surface area (Å²) in [5, 5.41) is 2.02. The number of amides is 2. The summed E-state index contributed by atoms with van der Waals surface area (Å²) in [5.74, 6) is 0. The molecule has 0 radical (unpaired) electrons. The molecule has 0 fully saturated rings. The van der Waals surface area contributed by atoms with Gasteiger partial charge in [0, 0.05) is 0 Å². The largest absolute Gasteiger partial charge is 0.347 e. The topological polar surface area (TPSA) is 87.6 Å². The van der Waals surface area contributed by atoms with Gasteiger partial charge in [-0.2, -0.15) is 8.42 Å². The van der Waals surface area contributed by atoms with E-state index in [4.69, 9.17) is 0 Å². The van der Waals surface area contributed by atoms with Crippen molar-refractivity contribution >= 4 is 22.6 Å². The van der Waals surface area contributed by atoms with Crippen LogP contribution in [0.5, 0.6) is 0 Å². The van der Waals surface area contributed by atoms with Gasteiger partial charge in [0.2, 0.25) is 0 Å². The van der Waals surface area contributed by atoms with E-state index in [2.05, 4.69) is 4.40 Å². The van der Waals surface area contributed by atoms with E-state index < -0.39 is 16.2 Å². The summed E-state index contributed by atoms with van der Waals surface area (Å²) in [6.45, 7) is 0. The Morgan fingerprint density at radius 2 is 2.22 bits per heavy atom. The first kappa shape index (κ1) is 6.02. The number of hydrogen-bond acceptors (Lipinski definition) is 3. The molecule has 0 spiro atoms. The smallest absolute Gasteiger partial charge is 0.297 e. The van der Waals surface area contributed by atoms with Gasteiger partial charge in [0.15, 0.2) is 0 Å². The van der Waals surface area contributed by atoms with Crippen LogP contribution >= 0.6 is 0 Å². The Hall–Kier alpha value is -1.11. The highest BCUT2D eigenvalue weighted by Crippen LogP contribution is 1.86. The summed E-state index contributed by atoms with van der Waals surface area (Å²) >= 11 is 0. The van der Waals surface area contributed by atoms with E-state index in [0.29, 0.717) is 0 Å². The summed E-state index contributed by atoms with van der Waals surface area (Å²) in [6.07, 6.45) is 0.814. The Balaban J connectivity index is 2.97. The fraction of sp³-hybridized carbons (Fsp3) is 0. The van der Waals surface area contributed by atoms with Crippen molar-refractivity contribution in [3.63, 3.8) is 0 Å². The van der Waals surface area contributed by atoms with Crippen molar-refractivity contribution < 1.29 is 13.2 Å². The highest BCUT2D eigenvalue weighted by atomic mass is 32.2. The van der Waals surface area contributed by atoms with Gasteiger partial charge >= 0.3 is 16.2 Å². The molecule has 0 saturated heterocycles. The van der Waals surface area contributed by atoms with Gasteiger partial charge in [-0.15, -0.1) is 4.40 Å². The van der Waals surface area contributed by atoms with Gasteiger partial charge in [-0.3, -0.25) is 5.32 Å². The SMILES string of the molecule is O=C1NC=NS(=O)(=O)N1. The Morgan fingerprint density at radius 3 is 2.56 bits per heavy atom. The Kier molecular flexibility index (Phi) is 1.13. The Labute approximate surface area is 51.2 Å². The van der Waals surface area contributed by atoms with E-state index in [9.17, 15) is 13.2 Å². The number of urea groups is 1. The second kappa shape index (κ2) is 1.69. The standard InChI is InChI=1S/C2H3N3O3S/c6-2-3-1-4-9(7,8)5-2/h1H,(H2,3,4,5,6). The first-order valence-corrected chi connectivity index (χ1v) is 3.41. The maximum absolute atomic E-state index is 10.3. The fourth-order valence-electron chi connectivity index (χ4n) is 0.327. The zero-order valence-electron chi connectivity index (χ0n) is 4.16. The third-order valence-electron chi connectivity index (χ3n) is 0.609. The van der Waals surface area contributed by atoms with Gasteiger partial charge in [-0.1, -0.05) is 0 Å². The van der Waals surface area contributed by atoms with Crippen molar-refractivity contribution in [2.45, 2.75) is 0 Å². The lowest BCUT2D eigenvalue weighted by Gasteiger charge is -2.04. The second-order valence-electron chi connectivity index (χ2n) is 1.29. The zero-order chi connectivity index (χ0) is 6.91. The molecule has 9 heavy (non-hydrogen) atoms. The summed E-state index contributed by atoms with van der Waals surface area (Å²) in [5.41, 5.74) is 0. The molecule has 0 unspecified atom stereocenters. The Morgan fingerprint density at radius 1 is 1.56 bits per heavy atom. The molecule has 2 amide bonds. The van der Waals surface area contributed by atoms with Crippen LogP contribution in [0.2, 0.25) is 0 Å². The number of nitrogens with one attached hydrogen (secondary N) is 2. The van der Waals surface area contributed by atoms with Crippen molar-refractivity contribution in [2.24, 2.45) is 4.40 Å². The lowest BCUT2D eigenvalue weighted by molar-refractivity contribution is 0.250. The molecular weight excluding hydrogens is 146 g/mol. The first-order valence-electron chi connectivity index (χ1n) is 1.97. The summed E-state index contributed by atoms with van der Waals surface area (Å²) in [4.78, 5) is 10.2. The van der Waals surface area contributed by atoms with Gasteiger partial charge in [0.25, 0.3) is 0 Å². The third kappa shape index (κ3) is 1.39. The summed E-state index contributed by atoms with van der Waals surface area (Å²) in [7, 11) is -3.72. The number of carbonyl (C=O) groups is 1. The molecule has 0 bridgehead atoms. The third-order valence-corrected chi connectivity index (χ3v) is 1.44. The first-order chi connectivity index (χ1) is 4.10. The van der Waals surface area contributed by atoms with Crippen LogP contribution in [0.4, 0.5) is 4.79 Å². The van der Waals surface area contributed by atoms with E-state index in [0.717, 1.165) is 6.34 Å². The highest BCUT2D eigenvalue weighted by Gasteiger charge is 2.14. The van der Waals surface area contributed by atoms with Crippen molar-refractivity contribution in [3.8, 4) is 0 Å². The molecule has 0 aromatic heterocycles. The molecule has 1 rings (SSSR count). The molecule has 0 aromatic carbocycles. The molecule has 0 aliphatic carbocycles. The minimum atomic E-state index is -3.72. The maximum Gasteiger partial charge on any atom is 0.347 e. The number of nitrogens with zero attached hydrogens (tertiary/aromatic N) is 1. The average Bonchev–Trinajstić information content (AvgIpc) is 1.60. The number of carbonyl (C=O) groups excluding carboxylic acids is 1. The molecule has 6 nitrogen and oxygen atoms in total. The second-order valence-corrected chi connectivity index (χ2v) is 2.65. The van der Waals surface area contributed by atoms with Gasteiger partial charge in [-0.05, 0) is 0 Å². The van der Waals surface area contributed by atoms with Crippen LogP contribution in [-0.2, 0) is 10.2 Å². The summed E-state index contributed by atoms with van der Waals surface area (Å²) < 4.78 is 25.1. The molecule has 50 valence electrons. The minimum absolute atomic E-state index is 0.787. The fourth-order valence-corrected chi connectivity index (χ4v) is 0.865. The predicted molar refractivity (Wildman–Crippen MR) is 29.1 cm³/mol. The van der Waals surface area contributed by atoms with Crippen LogP contribution in [-0.4, -0.2) is 20.8 Å². The normalized spacial score (nSPS) is 22.4. The number of hydrogen-bond donors (Lipinski definition) is 2. The van der Waals surface area contributed by atoms with E-state index in [-0.39, 0.29) is 0 Å². The van der Waals surface area contributed by atoms with Gasteiger partial charge in [-0.25, -0.2) is 9.52 Å². The predicted octanol–water partition coefficient (Wildman–Crippen LogP) is -1.43. The zero-order valence-corrected chi connectivity index (χ0v) is 4.97. The molecule has 0 atom stereocenters. The molecule has 0 aromatic rings. The van der Waals surface area contributed by atoms with Crippen LogP contribution in [0.3, 0.4) is 0 Å². The molecule has 7 heteroatoms. The maximum atomic E-state index is 10.3.